The molecule has 0 radical (unpaired) electrons. The zero-order valence-electron chi connectivity index (χ0n) is 10.6. The molecule has 1 saturated heterocycles. The van der Waals surface area contributed by atoms with Crippen LogP contribution in [-0.4, -0.2) is 38.0 Å². The average molecular weight is 241 g/mol. The molecule has 98 valence electrons. The van der Waals surface area contributed by atoms with E-state index in [0.717, 1.165) is 32.4 Å². The van der Waals surface area contributed by atoms with Gasteiger partial charge in [-0.3, -0.25) is 9.59 Å². The topological polar surface area (TPSA) is 70.2 Å². The summed E-state index contributed by atoms with van der Waals surface area (Å²) in [5.74, 6) is 0.150. The average Bonchev–Trinajstić information content (AvgIpc) is 2.37. The molecule has 0 aromatic heterocycles. The van der Waals surface area contributed by atoms with Crippen molar-refractivity contribution in [2.75, 3.05) is 26.2 Å². The summed E-state index contributed by atoms with van der Waals surface area (Å²) in [6.07, 6.45) is 3.30. The Labute approximate surface area is 103 Å². The molecular formula is C12H23N3O2. The van der Waals surface area contributed by atoms with E-state index in [1.165, 1.54) is 0 Å². The molecule has 0 aliphatic carbocycles. The number of hydrogen-bond acceptors (Lipinski definition) is 3. The van der Waals surface area contributed by atoms with Crippen molar-refractivity contribution < 1.29 is 9.59 Å². The summed E-state index contributed by atoms with van der Waals surface area (Å²) in [4.78, 5) is 23.0. The fourth-order valence-corrected chi connectivity index (χ4v) is 1.87. The van der Waals surface area contributed by atoms with Crippen LogP contribution in [0.25, 0.3) is 0 Å². The summed E-state index contributed by atoms with van der Waals surface area (Å²) < 4.78 is 0. The minimum Gasteiger partial charge on any atom is -0.356 e. The zero-order valence-corrected chi connectivity index (χ0v) is 10.6. The van der Waals surface area contributed by atoms with Gasteiger partial charge in [0.05, 0.1) is 5.92 Å². The van der Waals surface area contributed by atoms with Gasteiger partial charge in [-0.05, 0) is 25.8 Å². The summed E-state index contributed by atoms with van der Waals surface area (Å²) in [6.45, 7) is 4.92. The first-order valence-electron chi connectivity index (χ1n) is 6.49. The number of carbonyl (C=O) groups is 2. The van der Waals surface area contributed by atoms with Gasteiger partial charge >= 0.3 is 0 Å². The second-order valence-electron chi connectivity index (χ2n) is 4.43. The van der Waals surface area contributed by atoms with Crippen LogP contribution in [0.1, 0.15) is 32.6 Å². The highest BCUT2D eigenvalue weighted by atomic mass is 16.2. The summed E-state index contributed by atoms with van der Waals surface area (Å²) >= 11 is 0. The Hall–Kier alpha value is -1.10. The van der Waals surface area contributed by atoms with Crippen molar-refractivity contribution in [1.82, 2.24) is 16.0 Å². The van der Waals surface area contributed by atoms with Crippen LogP contribution in [0.15, 0.2) is 0 Å². The van der Waals surface area contributed by atoms with Crippen LogP contribution in [0.2, 0.25) is 0 Å². The van der Waals surface area contributed by atoms with Crippen molar-refractivity contribution in [3.05, 3.63) is 0 Å². The molecule has 0 aromatic rings. The molecule has 1 aliphatic rings. The van der Waals surface area contributed by atoms with Gasteiger partial charge in [0.2, 0.25) is 11.8 Å². The molecule has 1 fully saturated rings. The molecule has 5 heteroatoms. The van der Waals surface area contributed by atoms with Crippen molar-refractivity contribution in [3.8, 4) is 0 Å². The normalized spacial score (nSPS) is 19.7. The van der Waals surface area contributed by atoms with Gasteiger partial charge in [-0.2, -0.15) is 0 Å². The maximum atomic E-state index is 11.7. The molecule has 3 N–H and O–H groups in total. The molecule has 0 spiro atoms. The third-order valence-electron chi connectivity index (χ3n) is 2.89. The highest BCUT2D eigenvalue weighted by Crippen LogP contribution is 2.09. The van der Waals surface area contributed by atoms with E-state index in [1.54, 1.807) is 0 Å². The van der Waals surface area contributed by atoms with Crippen molar-refractivity contribution in [3.63, 3.8) is 0 Å². The van der Waals surface area contributed by atoms with Crippen LogP contribution >= 0.6 is 0 Å². The van der Waals surface area contributed by atoms with E-state index >= 15 is 0 Å². The minimum absolute atomic E-state index is 0.00826. The van der Waals surface area contributed by atoms with Gasteiger partial charge in [0.1, 0.15) is 0 Å². The summed E-state index contributed by atoms with van der Waals surface area (Å²) in [7, 11) is 0. The Balaban J connectivity index is 2.08. The molecular weight excluding hydrogens is 218 g/mol. The van der Waals surface area contributed by atoms with E-state index in [0.29, 0.717) is 19.5 Å². The second kappa shape index (κ2) is 8.06. The molecule has 5 nitrogen and oxygen atoms in total. The molecule has 0 bridgehead atoms. The number of rotatable bonds is 6. The Kier molecular flexibility index (Phi) is 6.62. The quantitative estimate of drug-likeness (QED) is 0.614. The van der Waals surface area contributed by atoms with Crippen LogP contribution in [0.4, 0.5) is 0 Å². The summed E-state index contributed by atoms with van der Waals surface area (Å²) in [5, 5.41) is 8.81. The minimum atomic E-state index is 0.00826. The van der Waals surface area contributed by atoms with E-state index in [9.17, 15) is 9.59 Å². The Morgan fingerprint density at radius 3 is 2.76 bits per heavy atom. The molecule has 2 amide bonds. The van der Waals surface area contributed by atoms with Gasteiger partial charge < -0.3 is 16.0 Å². The third kappa shape index (κ3) is 5.68. The molecule has 0 saturated carbocycles. The lowest BCUT2D eigenvalue weighted by Gasteiger charge is -2.21. The molecule has 1 heterocycles. The van der Waals surface area contributed by atoms with E-state index in [1.807, 2.05) is 6.92 Å². The monoisotopic (exact) mass is 241 g/mol. The number of amides is 2. The van der Waals surface area contributed by atoms with Gasteiger partial charge in [0.25, 0.3) is 0 Å². The lowest BCUT2D eigenvalue weighted by molar-refractivity contribution is -0.125. The predicted octanol–water partition coefficient (Wildman–Crippen LogP) is 0.0185. The number of hydrogen-bond donors (Lipinski definition) is 3. The molecule has 1 rings (SSSR count). The number of piperidine rings is 1. The SMILES string of the molecule is CCCNC(=O)CCNC(=O)[C@H]1CCCNC1. The molecule has 0 aromatic carbocycles. The second-order valence-corrected chi connectivity index (χ2v) is 4.43. The molecule has 1 aliphatic heterocycles. The lowest BCUT2D eigenvalue weighted by atomic mass is 9.99. The maximum absolute atomic E-state index is 11.7. The first-order chi connectivity index (χ1) is 8.24. The number of nitrogens with one attached hydrogen (secondary N) is 3. The Morgan fingerprint density at radius 2 is 2.12 bits per heavy atom. The fourth-order valence-electron chi connectivity index (χ4n) is 1.87. The van der Waals surface area contributed by atoms with Crippen LogP contribution in [0.3, 0.4) is 0 Å². The van der Waals surface area contributed by atoms with Gasteiger partial charge in [0, 0.05) is 26.1 Å². The fraction of sp³-hybridized carbons (Fsp3) is 0.833. The molecule has 1 atom stereocenters. The predicted molar refractivity (Wildman–Crippen MR) is 66.5 cm³/mol. The number of carbonyl (C=O) groups excluding carboxylic acids is 2. The van der Waals surface area contributed by atoms with Gasteiger partial charge in [-0.25, -0.2) is 0 Å². The van der Waals surface area contributed by atoms with Crippen LogP contribution < -0.4 is 16.0 Å². The van der Waals surface area contributed by atoms with Crippen molar-refractivity contribution in [2.24, 2.45) is 5.92 Å². The Morgan fingerprint density at radius 1 is 1.29 bits per heavy atom. The standard InChI is InChI=1S/C12H23N3O2/c1-2-6-14-11(16)5-8-15-12(17)10-4-3-7-13-9-10/h10,13H,2-9H2,1H3,(H,14,16)(H,15,17)/t10-/m0/s1. The van der Waals surface area contributed by atoms with Crippen molar-refractivity contribution in [1.29, 1.82) is 0 Å². The van der Waals surface area contributed by atoms with E-state index in [4.69, 9.17) is 0 Å². The van der Waals surface area contributed by atoms with Crippen molar-refractivity contribution >= 4 is 11.8 Å². The van der Waals surface area contributed by atoms with Gasteiger partial charge in [-0.1, -0.05) is 6.92 Å². The largest absolute Gasteiger partial charge is 0.356 e. The summed E-state index contributed by atoms with van der Waals surface area (Å²) in [6, 6.07) is 0. The van der Waals surface area contributed by atoms with E-state index in [-0.39, 0.29) is 17.7 Å². The van der Waals surface area contributed by atoms with E-state index < -0.39 is 0 Å². The lowest BCUT2D eigenvalue weighted by Crippen LogP contribution is -2.41. The van der Waals surface area contributed by atoms with Crippen LogP contribution in [0, 0.1) is 5.92 Å². The first-order valence-corrected chi connectivity index (χ1v) is 6.49. The molecule has 17 heavy (non-hydrogen) atoms. The van der Waals surface area contributed by atoms with Crippen LogP contribution in [-0.2, 0) is 9.59 Å². The maximum Gasteiger partial charge on any atom is 0.224 e. The Bertz CT molecular complexity index is 250. The highest BCUT2D eigenvalue weighted by molar-refractivity contribution is 5.80. The van der Waals surface area contributed by atoms with Crippen LogP contribution in [0.5, 0.6) is 0 Å². The van der Waals surface area contributed by atoms with Crippen molar-refractivity contribution in [2.45, 2.75) is 32.6 Å². The van der Waals surface area contributed by atoms with Gasteiger partial charge in [0.15, 0.2) is 0 Å². The smallest absolute Gasteiger partial charge is 0.224 e. The molecule has 0 unspecified atom stereocenters. The third-order valence-corrected chi connectivity index (χ3v) is 2.89. The first kappa shape index (κ1) is 14.0. The highest BCUT2D eigenvalue weighted by Gasteiger charge is 2.20. The van der Waals surface area contributed by atoms with E-state index in [2.05, 4.69) is 16.0 Å². The summed E-state index contributed by atoms with van der Waals surface area (Å²) in [5.41, 5.74) is 0. The zero-order chi connectivity index (χ0) is 12.5. The van der Waals surface area contributed by atoms with Gasteiger partial charge in [-0.15, -0.1) is 0 Å².